The molecule has 29 heavy (non-hydrogen) atoms. The Hall–Kier alpha value is -3.39. The Bertz CT molecular complexity index is 1050. The fourth-order valence-corrected chi connectivity index (χ4v) is 3.31. The van der Waals surface area contributed by atoms with E-state index < -0.39 is 11.9 Å². The zero-order chi connectivity index (χ0) is 20.8. The highest BCUT2D eigenvalue weighted by Gasteiger charge is 2.15. The smallest absolute Gasteiger partial charge is 0.337 e. The molecule has 8 heteroatoms. The van der Waals surface area contributed by atoms with Crippen molar-refractivity contribution in [2.45, 2.75) is 5.03 Å². The molecule has 1 heterocycles. The molecule has 148 valence electrons. The first-order valence-electron chi connectivity index (χ1n) is 8.60. The second-order valence-electron chi connectivity index (χ2n) is 5.96. The van der Waals surface area contributed by atoms with Crippen LogP contribution in [-0.4, -0.2) is 42.8 Å². The molecule has 0 aliphatic heterocycles. The summed E-state index contributed by atoms with van der Waals surface area (Å²) in [6, 6.07) is 15.8. The van der Waals surface area contributed by atoms with Crippen LogP contribution < -0.4 is 5.32 Å². The molecule has 0 saturated heterocycles. The summed E-state index contributed by atoms with van der Waals surface area (Å²) < 4.78 is 9.38. The fourth-order valence-electron chi connectivity index (χ4n) is 2.64. The molecule has 2 aromatic carbocycles. The minimum absolute atomic E-state index is 0.112. The Morgan fingerprint density at radius 1 is 0.931 bits per heavy atom. The Labute approximate surface area is 171 Å². The number of hydrogen-bond donors (Lipinski definition) is 1. The number of nitrogens with one attached hydrogen (secondary N) is 1. The number of para-hydroxylation sites is 1. The molecule has 1 N–H and O–H groups in total. The highest BCUT2D eigenvalue weighted by molar-refractivity contribution is 7.99. The normalized spacial score (nSPS) is 10.4. The fraction of sp³-hybridized carbons (Fsp3) is 0.143. The largest absolute Gasteiger partial charge is 0.465 e. The van der Waals surface area contributed by atoms with Gasteiger partial charge in [-0.1, -0.05) is 36.0 Å². The van der Waals surface area contributed by atoms with E-state index in [0.717, 1.165) is 15.9 Å². The van der Waals surface area contributed by atoms with Crippen LogP contribution in [0.1, 0.15) is 20.7 Å². The first-order valence-corrected chi connectivity index (χ1v) is 9.59. The molecule has 1 amide bonds. The first kappa shape index (κ1) is 20.3. The van der Waals surface area contributed by atoms with E-state index in [1.54, 1.807) is 0 Å². The second-order valence-corrected chi connectivity index (χ2v) is 6.96. The van der Waals surface area contributed by atoms with Gasteiger partial charge in [0.15, 0.2) is 0 Å². The van der Waals surface area contributed by atoms with Crippen molar-refractivity contribution in [3.8, 4) is 0 Å². The van der Waals surface area contributed by atoms with Crippen LogP contribution in [0.2, 0.25) is 0 Å². The SMILES string of the molecule is COC(=O)c1cc(NC(=O)CSc2ccc3ccccc3n2)cc(C(=O)OC)c1. The van der Waals surface area contributed by atoms with Crippen LogP contribution in [-0.2, 0) is 14.3 Å². The van der Waals surface area contributed by atoms with Crippen molar-refractivity contribution in [2.75, 3.05) is 25.3 Å². The Morgan fingerprint density at radius 3 is 2.24 bits per heavy atom. The zero-order valence-corrected chi connectivity index (χ0v) is 16.6. The topological polar surface area (TPSA) is 94.6 Å². The van der Waals surface area contributed by atoms with E-state index in [9.17, 15) is 14.4 Å². The van der Waals surface area contributed by atoms with Crippen molar-refractivity contribution >= 4 is 46.2 Å². The van der Waals surface area contributed by atoms with Crippen LogP contribution in [0, 0.1) is 0 Å². The van der Waals surface area contributed by atoms with Crippen molar-refractivity contribution in [2.24, 2.45) is 0 Å². The molecule has 3 rings (SSSR count). The van der Waals surface area contributed by atoms with Crippen LogP contribution >= 0.6 is 11.8 Å². The third-order valence-electron chi connectivity index (χ3n) is 3.98. The molecular formula is C21H18N2O5S. The van der Waals surface area contributed by atoms with E-state index >= 15 is 0 Å². The number of carbonyl (C=O) groups is 3. The van der Waals surface area contributed by atoms with Gasteiger partial charge in [-0.2, -0.15) is 0 Å². The average molecular weight is 410 g/mol. The number of anilines is 1. The van der Waals surface area contributed by atoms with Crippen LogP contribution in [0.5, 0.6) is 0 Å². The standard InChI is InChI=1S/C21H18N2O5S/c1-27-20(25)14-9-15(21(26)28-2)11-16(10-14)22-18(24)12-29-19-8-7-13-5-3-4-6-17(13)23-19/h3-11H,12H2,1-2H3,(H,22,24). The number of benzene rings is 2. The lowest BCUT2D eigenvalue weighted by Crippen LogP contribution is -2.16. The minimum atomic E-state index is -0.624. The van der Waals surface area contributed by atoms with Crippen LogP contribution in [0.4, 0.5) is 5.69 Å². The van der Waals surface area contributed by atoms with E-state index in [0.29, 0.717) is 5.69 Å². The van der Waals surface area contributed by atoms with Gasteiger partial charge in [-0.3, -0.25) is 4.79 Å². The highest BCUT2D eigenvalue weighted by atomic mass is 32.2. The van der Waals surface area contributed by atoms with E-state index in [2.05, 4.69) is 19.8 Å². The molecule has 0 radical (unpaired) electrons. The third-order valence-corrected chi connectivity index (χ3v) is 4.91. The minimum Gasteiger partial charge on any atom is -0.465 e. The highest BCUT2D eigenvalue weighted by Crippen LogP contribution is 2.21. The molecule has 0 bridgehead atoms. The number of thioether (sulfide) groups is 1. The number of carbonyl (C=O) groups excluding carboxylic acids is 3. The summed E-state index contributed by atoms with van der Waals surface area (Å²) >= 11 is 1.29. The number of rotatable bonds is 6. The molecule has 3 aromatic rings. The molecular weight excluding hydrogens is 392 g/mol. The molecule has 0 spiro atoms. The van der Waals surface area contributed by atoms with E-state index in [4.69, 9.17) is 0 Å². The number of amides is 1. The predicted molar refractivity (Wildman–Crippen MR) is 110 cm³/mol. The summed E-state index contributed by atoms with van der Waals surface area (Å²) in [6.07, 6.45) is 0. The van der Waals surface area contributed by atoms with Crippen molar-refractivity contribution in [3.05, 3.63) is 65.7 Å². The summed E-state index contributed by atoms with van der Waals surface area (Å²) in [5.41, 5.74) is 1.42. The van der Waals surface area contributed by atoms with Crippen molar-refractivity contribution in [1.29, 1.82) is 0 Å². The summed E-state index contributed by atoms with van der Waals surface area (Å²) in [5.74, 6) is -1.44. The molecule has 0 atom stereocenters. The van der Waals surface area contributed by atoms with Crippen LogP contribution in [0.25, 0.3) is 10.9 Å². The maximum atomic E-state index is 12.4. The van der Waals surface area contributed by atoms with Gasteiger partial charge in [0.1, 0.15) is 0 Å². The summed E-state index contributed by atoms with van der Waals surface area (Å²) in [7, 11) is 2.47. The number of hydrogen-bond acceptors (Lipinski definition) is 7. The van der Waals surface area contributed by atoms with Crippen molar-refractivity contribution < 1.29 is 23.9 Å². The Balaban J connectivity index is 1.71. The molecule has 0 unspecified atom stereocenters. The van der Waals surface area contributed by atoms with E-state index in [1.165, 1.54) is 44.2 Å². The monoisotopic (exact) mass is 410 g/mol. The van der Waals surface area contributed by atoms with Crippen molar-refractivity contribution in [1.82, 2.24) is 4.98 Å². The molecule has 7 nitrogen and oxygen atoms in total. The quantitative estimate of drug-likeness (QED) is 0.491. The number of pyridine rings is 1. The van der Waals surface area contributed by atoms with Gasteiger partial charge in [-0.05, 0) is 30.3 Å². The Morgan fingerprint density at radius 2 is 1.59 bits per heavy atom. The van der Waals surface area contributed by atoms with Crippen LogP contribution in [0.15, 0.2) is 59.6 Å². The second kappa shape index (κ2) is 9.20. The van der Waals surface area contributed by atoms with Gasteiger partial charge in [0, 0.05) is 11.1 Å². The number of fused-ring (bicyclic) bond motifs is 1. The number of methoxy groups -OCH3 is 2. The molecule has 0 fully saturated rings. The maximum absolute atomic E-state index is 12.4. The third kappa shape index (κ3) is 5.11. The van der Waals surface area contributed by atoms with Gasteiger partial charge >= 0.3 is 11.9 Å². The Kier molecular flexibility index (Phi) is 6.46. The molecule has 0 aliphatic carbocycles. The maximum Gasteiger partial charge on any atom is 0.337 e. The van der Waals surface area contributed by atoms with E-state index in [-0.39, 0.29) is 22.8 Å². The average Bonchev–Trinajstić information content (AvgIpc) is 2.76. The van der Waals surface area contributed by atoms with Crippen LogP contribution in [0.3, 0.4) is 0 Å². The summed E-state index contributed by atoms with van der Waals surface area (Å²) in [6.45, 7) is 0. The van der Waals surface area contributed by atoms with Gasteiger partial charge in [-0.25, -0.2) is 14.6 Å². The molecule has 0 saturated carbocycles. The number of esters is 2. The molecule has 1 aromatic heterocycles. The van der Waals surface area contributed by atoms with Gasteiger partial charge in [0.05, 0.1) is 41.6 Å². The predicted octanol–water partition coefficient (Wildman–Crippen LogP) is 3.54. The van der Waals surface area contributed by atoms with E-state index in [1.807, 2.05) is 36.4 Å². The lowest BCUT2D eigenvalue weighted by molar-refractivity contribution is -0.113. The summed E-state index contributed by atoms with van der Waals surface area (Å²) in [5, 5.41) is 4.43. The lowest BCUT2D eigenvalue weighted by Gasteiger charge is -2.09. The van der Waals surface area contributed by atoms with Gasteiger partial charge in [-0.15, -0.1) is 0 Å². The zero-order valence-electron chi connectivity index (χ0n) is 15.8. The number of nitrogens with zero attached hydrogens (tertiary/aromatic N) is 1. The van der Waals surface area contributed by atoms with Gasteiger partial charge in [0.25, 0.3) is 0 Å². The number of ether oxygens (including phenoxy) is 2. The summed E-state index contributed by atoms with van der Waals surface area (Å²) in [4.78, 5) is 40.5. The van der Waals surface area contributed by atoms with Gasteiger partial charge in [0.2, 0.25) is 5.91 Å². The van der Waals surface area contributed by atoms with Gasteiger partial charge < -0.3 is 14.8 Å². The lowest BCUT2D eigenvalue weighted by atomic mass is 10.1. The molecule has 0 aliphatic rings. The first-order chi connectivity index (χ1) is 14.0. The number of aromatic nitrogens is 1. The van der Waals surface area contributed by atoms with Crippen molar-refractivity contribution in [3.63, 3.8) is 0 Å².